The molecule has 1 aromatic heterocycles. The van der Waals surface area contributed by atoms with Gasteiger partial charge in [-0.15, -0.1) is 10.2 Å². The van der Waals surface area contributed by atoms with Crippen molar-refractivity contribution in [1.82, 2.24) is 20.2 Å². The Balaban J connectivity index is 1.56. The Kier molecular flexibility index (Phi) is 6.13. The highest BCUT2D eigenvalue weighted by atomic mass is 32.2. The average molecular weight is 382 g/mol. The Hall–Kier alpha value is -2.80. The van der Waals surface area contributed by atoms with Gasteiger partial charge in [0, 0.05) is 12.1 Å². The van der Waals surface area contributed by atoms with Gasteiger partial charge in [-0.1, -0.05) is 71.9 Å². The summed E-state index contributed by atoms with van der Waals surface area (Å²) in [5, 5.41) is 11.4. The number of amides is 1. The lowest BCUT2D eigenvalue weighted by molar-refractivity contribution is -0.120. The van der Waals surface area contributed by atoms with Gasteiger partial charge in [-0.3, -0.25) is 4.79 Å². The van der Waals surface area contributed by atoms with E-state index in [1.165, 1.54) is 22.0 Å². The molecule has 0 aliphatic carbocycles. The fourth-order valence-electron chi connectivity index (χ4n) is 2.59. The predicted octanol–water partition coefficient (Wildman–Crippen LogP) is 2.81. The van der Waals surface area contributed by atoms with E-state index in [1.54, 1.807) is 0 Å². The first-order valence-electron chi connectivity index (χ1n) is 8.80. The topological polar surface area (TPSA) is 85.8 Å². The van der Waals surface area contributed by atoms with Crippen LogP contribution in [0, 0.1) is 6.92 Å². The summed E-state index contributed by atoms with van der Waals surface area (Å²) in [6.07, 6.45) is 0.800. The molecular weight excluding hydrogens is 358 g/mol. The van der Waals surface area contributed by atoms with E-state index in [0.29, 0.717) is 17.5 Å². The molecular formula is C20H23N5OS. The number of aromatic nitrogens is 3. The minimum absolute atomic E-state index is 0.0455. The smallest absolute Gasteiger partial charge is 0.233 e. The van der Waals surface area contributed by atoms with Crippen LogP contribution in [0.25, 0.3) is 11.4 Å². The first-order valence-corrected chi connectivity index (χ1v) is 9.68. The molecule has 0 fully saturated rings. The zero-order chi connectivity index (χ0) is 19.2. The fraction of sp³-hybridized carbons (Fsp3) is 0.250. The van der Waals surface area contributed by atoms with Crippen LogP contribution in [0.15, 0.2) is 59.8 Å². The lowest BCUT2D eigenvalue weighted by Gasteiger charge is -2.11. The Morgan fingerprint density at radius 3 is 2.56 bits per heavy atom. The van der Waals surface area contributed by atoms with Crippen molar-refractivity contribution >= 4 is 17.7 Å². The maximum absolute atomic E-state index is 12.3. The summed E-state index contributed by atoms with van der Waals surface area (Å²) < 4.78 is 1.43. The molecule has 3 rings (SSSR count). The Morgan fingerprint density at radius 1 is 1.15 bits per heavy atom. The number of carbonyl (C=O) groups is 1. The number of rotatable bonds is 7. The van der Waals surface area contributed by atoms with Gasteiger partial charge in [0.15, 0.2) is 5.82 Å². The van der Waals surface area contributed by atoms with Crippen LogP contribution in [0.5, 0.6) is 0 Å². The monoisotopic (exact) mass is 381 g/mol. The van der Waals surface area contributed by atoms with Gasteiger partial charge in [-0.2, -0.15) is 0 Å². The second-order valence-electron chi connectivity index (χ2n) is 6.33. The van der Waals surface area contributed by atoms with Crippen LogP contribution >= 0.6 is 11.8 Å². The summed E-state index contributed by atoms with van der Waals surface area (Å²) in [6.45, 7) is 4.46. The molecule has 7 heteroatoms. The fourth-order valence-corrected chi connectivity index (χ4v) is 3.38. The lowest BCUT2D eigenvalue weighted by atomic mass is 10.1. The van der Waals surface area contributed by atoms with Crippen LogP contribution in [-0.4, -0.2) is 32.6 Å². The molecule has 6 nitrogen and oxygen atoms in total. The standard InChI is InChI=1S/C20H23N5OS/c1-14-8-10-17(11-9-14)18-23-24-20(25(18)21)27-15(2)19(26)22-13-12-16-6-4-3-5-7-16/h3-11,15H,12-13,21H2,1-2H3,(H,22,26)/t15-/m1/s1. The van der Waals surface area contributed by atoms with E-state index in [-0.39, 0.29) is 11.2 Å². The number of nitrogens with one attached hydrogen (secondary N) is 1. The number of aryl methyl sites for hydroxylation is 1. The normalized spacial score (nSPS) is 11.9. The van der Waals surface area contributed by atoms with Crippen LogP contribution in [0.1, 0.15) is 18.1 Å². The number of nitrogens with two attached hydrogens (primary N) is 1. The van der Waals surface area contributed by atoms with Gasteiger partial charge in [0.1, 0.15) is 0 Å². The average Bonchev–Trinajstić information content (AvgIpc) is 3.03. The number of nitrogen functional groups attached to an aromatic ring is 1. The van der Waals surface area contributed by atoms with Gasteiger partial charge in [0.05, 0.1) is 5.25 Å². The Bertz CT molecular complexity index is 892. The van der Waals surface area contributed by atoms with E-state index >= 15 is 0 Å². The van der Waals surface area contributed by atoms with Crippen LogP contribution in [0.2, 0.25) is 0 Å². The summed E-state index contributed by atoms with van der Waals surface area (Å²) in [5.74, 6) is 6.67. The van der Waals surface area contributed by atoms with Crippen molar-refractivity contribution in [3.8, 4) is 11.4 Å². The maximum Gasteiger partial charge on any atom is 0.233 e. The number of hydrogen-bond acceptors (Lipinski definition) is 5. The molecule has 3 N–H and O–H groups in total. The van der Waals surface area contributed by atoms with Crippen molar-refractivity contribution in [3.05, 3.63) is 65.7 Å². The highest BCUT2D eigenvalue weighted by Gasteiger charge is 2.19. The number of carbonyl (C=O) groups excluding carboxylic acids is 1. The molecule has 27 heavy (non-hydrogen) atoms. The van der Waals surface area contributed by atoms with Crippen molar-refractivity contribution in [2.75, 3.05) is 12.4 Å². The second kappa shape index (κ2) is 8.73. The molecule has 0 bridgehead atoms. The van der Waals surface area contributed by atoms with Gasteiger partial charge in [-0.25, -0.2) is 4.68 Å². The van der Waals surface area contributed by atoms with Crippen LogP contribution in [0.3, 0.4) is 0 Å². The molecule has 0 aliphatic heterocycles. The van der Waals surface area contributed by atoms with Crippen molar-refractivity contribution < 1.29 is 4.79 Å². The first kappa shape index (κ1) is 19.0. The van der Waals surface area contributed by atoms with Crippen molar-refractivity contribution in [1.29, 1.82) is 0 Å². The Labute approximate surface area is 163 Å². The molecule has 1 heterocycles. The predicted molar refractivity (Wildman–Crippen MR) is 109 cm³/mol. The van der Waals surface area contributed by atoms with Crippen LogP contribution < -0.4 is 11.2 Å². The summed E-state index contributed by atoms with van der Waals surface area (Å²) in [4.78, 5) is 12.3. The maximum atomic E-state index is 12.3. The zero-order valence-corrected chi connectivity index (χ0v) is 16.2. The highest BCUT2D eigenvalue weighted by Crippen LogP contribution is 2.24. The number of hydrogen-bond donors (Lipinski definition) is 2. The Morgan fingerprint density at radius 2 is 1.85 bits per heavy atom. The number of thioether (sulfide) groups is 1. The largest absolute Gasteiger partial charge is 0.355 e. The summed E-state index contributed by atoms with van der Waals surface area (Å²) >= 11 is 1.30. The first-order chi connectivity index (χ1) is 13.0. The third-order valence-corrected chi connectivity index (χ3v) is 5.24. The van der Waals surface area contributed by atoms with E-state index in [1.807, 2.05) is 68.4 Å². The lowest BCUT2D eigenvalue weighted by Crippen LogP contribution is -2.32. The van der Waals surface area contributed by atoms with Gasteiger partial charge in [0.2, 0.25) is 11.1 Å². The third-order valence-electron chi connectivity index (χ3n) is 4.18. The number of nitrogens with zero attached hydrogens (tertiary/aromatic N) is 3. The molecule has 0 unspecified atom stereocenters. The van der Waals surface area contributed by atoms with Gasteiger partial charge in [0.25, 0.3) is 0 Å². The molecule has 0 saturated carbocycles. The van der Waals surface area contributed by atoms with E-state index in [4.69, 9.17) is 5.84 Å². The molecule has 1 atom stereocenters. The van der Waals surface area contributed by atoms with Crippen LogP contribution in [0.4, 0.5) is 0 Å². The molecule has 0 aliphatic rings. The third kappa shape index (κ3) is 4.89. The van der Waals surface area contributed by atoms with E-state index in [0.717, 1.165) is 17.5 Å². The van der Waals surface area contributed by atoms with E-state index in [9.17, 15) is 4.79 Å². The SMILES string of the molecule is Cc1ccc(-c2nnc(S[C@H](C)C(=O)NCCc3ccccc3)n2N)cc1. The van der Waals surface area contributed by atoms with Gasteiger partial charge in [-0.05, 0) is 25.8 Å². The minimum atomic E-state index is -0.321. The quantitative estimate of drug-likeness (QED) is 0.485. The molecule has 1 amide bonds. The minimum Gasteiger partial charge on any atom is -0.355 e. The summed E-state index contributed by atoms with van der Waals surface area (Å²) in [5.41, 5.74) is 3.25. The molecule has 3 aromatic rings. The van der Waals surface area contributed by atoms with Crippen molar-refractivity contribution in [2.24, 2.45) is 0 Å². The summed E-state index contributed by atoms with van der Waals surface area (Å²) in [6, 6.07) is 18.0. The molecule has 0 saturated heterocycles. The van der Waals surface area contributed by atoms with E-state index < -0.39 is 0 Å². The molecule has 140 valence electrons. The zero-order valence-electron chi connectivity index (χ0n) is 15.4. The van der Waals surface area contributed by atoms with Gasteiger partial charge < -0.3 is 11.2 Å². The second-order valence-corrected chi connectivity index (χ2v) is 7.64. The van der Waals surface area contributed by atoms with Crippen LogP contribution in [-0.2, 0) is 11.2 Å². The van der Waals surface area contributed by atoms with Gasteiger partial charge >= 0.3 is 0 Å². The van der Waals surface area contributed by atoms with Crippen molar-refractivity contribution in [2.45, 2.75) is 30.7 Å². The van der Waals surface area contributed by atoms with Crippen molar-refractivity contribution in [3.63, 3.8) is 0 Å². The molecule has 0 radical (unpaired) electrons. The number of benzene rings is 2. The van der Waals surface area contributed by atoms with E-state index in [2.05, 4.69) is 15.5 Å². The highest BCUT2D eigenvalue weighted by molar-refractivity contribution is 8.00. The summed E-state index contributed by atoms with van der Waals surface area (Å²) in [7, 11) is 0. The molecule has 0 spiro atoms. The molecule has 2 aromatic carbocycles.